The van der Waals surface area contributed by atoms with E-state index >= 15 is 0 Å². The minimum atomic E-state index is -1.50. The van der Waals surface area contributed by atoms with E-state index < -0.39 is 11.0 Å². The van der Waals surface area contributed by atoms with Gasteiger partial charge in [-0.3, -0.25) is 0 Å². The summed E-state index contributed by atoms with van der Waals surface area (Å²) in [6, 6.07) is 15.6. The zero-order valence-corrected chi connectivity index (χ0v) is 16.6. The summed E-state index contributed by atoms with van der Waals surface area (Å²) < 4.78 is 4.75. The molecule has 0 amide bonds. The Bertz CT molecular complexity index is 853. The van der Waals surface area contributed by atoms with Crippen LogP contribution in [0.5, 0.6) is 0 Å². The smallest absolute Gasteiger partial charge is 0.291 e. The van der Waals surface area contributed by atoms with Crippen molar-refractivity contribution in [3.63, 3.8) is 0 Å². The van der Waals surface area contributed by atoms with E-state index in [2.05, 4.69) is 36.3 Å². The molecule has 0 atom stereocenters. The lowest BCUT2D eigenvalue weighted by atomic mass is 10.0. The van der Waals surface area contributed by atoms with E-state index in [1.807, 2.05) is 19.1 Å². The summed E-state index contributed by atoms with van der Waals surface area (Å²) in [5.74, 6) is -0.606. The number of hydrogen-bond donors (Lipinski definition) is 1. The SMILES string of the molecule is Cc1ccc(-c2cnoc2)cc1.Cc1ccc(C(C=O)C=O)cc1.Cl.O=[N+]([O-])O. The minimum absolute atomic E-state index is 0. The molecule has 0 saturated heterocycles. The van der Waals surface area contributed by atoms with Crippen molar-refractivity contribution in [2.24, 2.45) is 0 Å². The first-order valence-corrected chi connectivity index (χ1v) is 8.14. The van der Waals surface area contributed by atoms with E-state index in [4.69, 9.17) is 19.8 Å². The molecule has 0 aliphatic heterocycles. The average Bonchev–Trinajstić information content (AvgIpc) is 3.20. The van der Waals surface area contributed by atoms with E-state index in [1.54, 1.807) is 24.6 Å². The molecule has 3 rings (SSSR count). The number of aldehydes is 2. The number of rotatable bonds is 4. The maximum atomic E-state index is 10.4. The van der Waals surface area contributed by atoms with Crippen molar-refractivity contribution in [1.82, 2.24) is 5.16 Å². The van der Waals surface area contributed by atoms with Crippen LogP contribution in [0.25, 0.3) is 11.1 Å². The first-order valence-electron chi connectivity index (χ1n) is 8.14. The van der Waals surface area contributed by atoms with Gasteiger partial charge in [0.15, 0.2) is 0 Å². The van der Waals surface area contributed by atoms with Crippen molar-refractivity contribution in [3.8, 4) is 11.1 Å². The van der Waals surface area contributed by atoms with Gasteiger partial charge in [0.2, 0.25) is 0 Å². The number of halogens is 1. The molecule has 0 bridgehead atoms. The van der Waals surface area contributed by atoms with Crippen LogP contribution in [0.3, 0.4) is 0 Å². The molecule has 0 fully saturated rings. The lowest BCUT2D eigenvalue weighted by molar-refractivity contribution is -0.742. The van der Waals surface area contributed by atoms with Crippen molar-refractivity contribution in [2.75, 3.05) is 0 Å². The van der Waals surface area contributed by atoms with Gasteiger partial charge < -0.3 is 19.3 Å². The standard InChI is InChI=1S/C10H9NO.C10H10O2.ClH.HNO3/c1-8-2-4-9(5-3-8)10-6-11-12-7-10;1-8-2-4-9(5-3-8)10(6-11)7-12;;2-1(3)4/h2-7H,1H3;2-7,10H,1H3;1H;(H,2,3,4). The fraction of sp³-hybridized carbons (Fsp3) is 0.150. The molecule has 0 aliphatic carbocycles. The predicted molar refractivity (Wildman–Crippen MR) is 109 cm³/mol. The van der Waals surface area contributed by atoms with E-state index in [0.717, 1.165) is 22.3 Å². The van der Waals surface area contributed by atoms with Crippen LogP contribution in [0.2, 0.25) is 0 Å². The summed E-state index contributed by atoms with van der Waals surface area (Å²) in [5, 5.41) is 17.3. The van der Waals surface area contributed by atoms with Crippen LogP contribution in [0.15, 0.2) is 65.5 Å². The van der Waals surface area contributed by atoms with E-state index in [9.17, 15) is 9.59 Å². The molecule has 154 valence electrons. The number of carbonyl (C=O) groups excluding carboxylic acids is 2. The summed E-state index contributed by atoms with van der Waals surface area (Å²) in [5.41, 5.74) is 5.30. The van der Waals surface area contributed by atoms with Crippen molar-refractivity contribution in [2.45, 2.75) is 19.8 Å². The monoisotopic (exact) mass is 420 g/mol. The Morgan fingerprint density at radius 1 is 0.966 bits per heavy atom. The molecule has 1 aromatic heterocycles. The van der Waals surface area contributed by atoms with Gasteiger partial charge >= 0.3 is 0 Å². The molecule has 1 N–H and O–H groups in total. The predicted octanol–water partition coefficient (Wildman–Crippen LogP) is 4.20. The number of aromatic nitrogens is 1. The number of carbonyl (C=O) groups is 2. The van der Waals surface area contributed by atoms with Gasteiger partial charge in [-0.05, 0) is 25.0 Å². The highest BCUT2D eigenvalue weighted by atomic mass is 35.5. The molecule has 0 spiro atoms. The Balaban J connectivity index is 0.000000445. The molecule has 0 saturated carbocycles. The molecule has 0 aliphatic rings. The normalized spacial score (nSPS) is 9.07. The zero-order chi connectivity index (χ0) is 20.9. The Hall–Kier alpha value is -3.52. The van der Waals surface area contributed by atoms with Crippen LogP contribution in [0.4, 0.5) is 0 Å². The molecular weight excluding hydrogens is 400 g/mol. The highest BCUT2D eigenvalue weighted by Crippen LogP contribution is 2.18. The Labute approximate surface area is 173 Å². The number of hydrogen-bond acceptors (Lipinski definition) is 6. The Morgan fingerprint density at radius 3 is 1.79 bits per heavy atom. The third kappa shape index (κ3) is 9.83. The quantitative estimate of drug-likeness (QED) is 0.290. The molecule has 0 unspecified atom stereocenters. The van der Waals surface area contributed by atoms with Gasteiger partial charge in [-0.25, -0.2) is 0 Å². The average molecular weight is 421 g/mol. The molecule has 3 aromatic rings. The molecule has 1 heterocycles. The van der Waals surface area contributed by atoms with E-state index in [0.29, 0.717) is 12.6 Å². The van der Waals surface area contributed by atoms with Crippen molar-refractivity contribution in [3.05, 3.63) is 87.8 Å². The topological polar surface area (TPSA) is 124 Å². The van der Waals surface area contributed by atoms with Gasteiger partial charge in [0.1, 0.15) is 18.8 Å². The minimum Gasteiger partial charge on any atom is -0.364 e. The second-order valence-electron chi connectivity index (χ2n) is 5.73. The van der Waals surface area contributed by atoms with Gasteiger partial charge in [0.25, 0.3) is 5.09 Å². The maximum Gasteiger partial charge on any atom is 0.291 e. The van der Waals surface area contributed by atoms with Crippen molar-refractivity contribution in [1.29, 1.82) is 0 Å². The Morgan fingerprint density at radius 2 is 1.41 bits per heavy atom. The van der Waals surface area contributed by atoms with E-state index in [-0.39, 0.29) is 12.4 Å². The van der Waals surface area contributed by atoms with Gasteiger partial charge in [-0.2, -0.15) is 0 Å². The summed E-state index contributed by atoms with van der Waals surface area (Å²) in [7, 11) is 0. The first kappa shape index (κ1) is 25.5. The highest BCUT2D eigenvalue weighted by molar-refractivity contribution is 5.85. The van der Waals surface area contributed by atoms with E-state index in [1.165, 1.54) is 5.56 Å². The third-order valence-corrected chi connectivity index (χ3v) is 3.57. The summed E-state index contributed by atoms with van der Waals surface area (Å²) >= 11 is 0. The second kappa shape index (κ2) is 13.6. The Kier molecular flexibility index (Phi) is 12.0. The highest BCUT2D eigenvalue weighted by Gasteiger charge is 2.06. The number of aryl methyl sites for hydroxylation is 2. The molecule has 0 radical (unpaired) electrons. The van der Waals surface area contributed by atoms with Crippen LogP contribution in [0.1, 0.15) is 22.6 Å². The lowest BCUT2D eigenvalue weighted by Crippen LogP contribution is -2.00. The second-order valence-corrected chi connectivity index (χ2v) is 5.73. The molecule has 2 aromatic carbocycles. The molecule has 9 heteroatoms. The third-order valence-electron chi connectivity index (χ3n) is 3.57. The molecule has 29 heavy (non-hydrogen) atoms. The maximum absolute atomic E-state index is 10.4. The van der Waals surface area contributed by atoms with Crippen LogP contribution in [-0.4, -0.2) is 28.0 Å². The number of benzene rings is 2. The molecule has 8 nitrogen and oxygen atoms in total. The number of nitrogens with zero attached hydrogens (tertiary/aromatic N) is 2. The van der Waals surface area contributed by atoms with Gasteiger partial charge in [-0.1, -0.05) is 64.8 Å². The molecular formula is C20H21ClN2O6. The fourth-order valence-corrected chi connectivity index (χ4v) is 2.07. The fourth-order valence-electron chi connectivity index (χ4n) is 2.07. The first-order chi connectivity index (χ1) is 13.4. The summed E-state index contributed by atoms with van der Waals surface area (Å²) in [6.07, 6.45) is 4.66. The van der Waals surface area contributed by atoms with Crippen molar-refractivity contribution >= 4 is 25.0 Å². The van der Waals surface area contributed by atoms with Gasteiger partial charge in [0.05, 0.1) is 12.1 Å². The van der Waals surface area contributed by atoms with Gasteiger partial charge in [0, 0.05) is 5.56 Å². The van der Waals surface area contributed by atoms with Crippen molar-refractivity contribution < 1.29 is 24.4 Å². The largest absolute Gasteiger partial charge is 0.364 e. The zero-order valence-electron chi connectivity index (χ0n) is 15.8. The van der Waals surface area contributed by atoms with Gasteiger partial charge in [-0.15, -0.1) is 22.5 Å². The van der Waals surface area contributed by atoms with Crippen LogP contribution in [0, 0.1) is 24.0 Å². The van der Waals surface area contributed by atoms with Crippen LogP contribution in [-0.2, 0) is 9.59 Å². The summed E-state index contributed by atoms with van der Waals surface area (Å²) in [6.45, 7) is 4.03. The van der Waals surface area contributed by atoms with Crippen LogP contribution >= 0.6 is 12.4 Å². The van der Waals surface area contributed by atoms with Crippen LogP contribution < -0.4 is 0 Å². The summed E-state index contributed by atoms with van der Waals surface area (Å²) in [4.78, 5) is 29.1. The lowest BCUT2D eigenvalue weighted by Gasteiger charge is -2.01.